The van der Waals surface area contributed by atoms with E-state index in [0.717, 1.165) is 28.4 Å². The standard InChI is InChI=1S/C15H17ClN2O2S/c1-20-13-4-2-11(3-5-13)6-7-17-14(19)8-15-18-12(9-16)10-21-15/h2-5,10H,6-9H2,1H3,(H,17,19). The minimum absolute atomic E-state index is 0.0148. The third kappa shape index (κ3) is 5.02. The molecule has 0 aliphatic rings. The molecule has 6 heteroatoms. The van der Waals surface area contributed by atoms with Crippen LogP contribution in [0.2, 0.25) is 0 Å². The fourth-order valence-corrected chi connectivity index (χ4v) is 2.85. The van der Waals surface area contributed by atoms with Crippen LogP contribution in [0.4, 0.5) is 0 Å². The Bertz CT molecular complexity index is 584. The lowest BCUT2D eigenvalue weighted by Crippen LogP contribution is -2.27. The van der Waals surface area contributed by atoms with Crippen LogP contribution in [0.25, 0.3) is 0 Å². The molecule has 0 unspecified atom stereocenters. The minimum atomic E-state index is -0.0148. The van der Waals surface area contributed by atoms with Crippen molar-refractivity contribution in [3.05, 3.63) is 45.9 Å². The highest BCUT2D eigenvalue weighted by molar-refractivity contribution is 7.09. The smallest absolute Gasteiger partial charge is 0.226 e. The summed E-state index contributed by atoms with van der Waals surface area (Å²) >= 11 is 7.15. The molecule has 2 aromatic rings. The largest absolute Gasteiger partial charge is 0.497 e. The zero-order chi connectivity index (χ0) is 15.1. The maximum absolute atomic E-state index is 11.8. The van der Waals surface area contributed by atoms with Crippen LogP contribution in [0.15, 0.2) is 29.6 Å². The number of hydrogen-bond acceptors (Lipinski definition) is 4. The van der Waals surface area contributed by atoms with Crippen molar-refractivity contribution >= 4 is 28.8 Å². The van der Waals surface area contributed by atoms with Gasteiger partial charge in [0.15, 0.2) is 0 Å². The second-order valence-electron chi connectivity index (χ2n) is 4.49. The fourth-order valence-electron chi connectivity index (χ4n) is 1.83. The van der Waals surface area contributed by atoms with Crippen molar-refractivity contribution < 1.29 is 9.53 Å². The number of benzene rings is 1. The monoisotopic (exact) mass is 324 g/mol. The van der Waals surface area contributed by atoms with Gasteiger partial charge in [-0.2, -0.15) is 0 Å². The number of aromatic nitrogens is 1. The Hall–Kier alpha value is -1.59. The topological polar surface area (TPSA) is 51.2 Å². The first-order chi connectivity index (χ1) is 10.2. The highest BCUT2D eigenvalue weighted by Gasteiger charge is 2.07. The zero-order valence-corrected chi connectivity index (χ0v) is 13.3. The summed E-state index contributed by atoms with van der Waals surface area (Å²) in [5.41, 5.74) is 1.98. The predicted octanol–water partition coefficient (Wildman–Crippen LogP) is 2.79. The molecule has 1 N–H and O–H groups in total. The molecule has 0 radical (unpaired) electrons. The lowest BCUT2D eigenvalue weighted by molar-refractivity contribution is -0.120. The molecule has 0 aliphatic carbocycles. The van der Waals surface area contributed by atoms with Gasteiger partial charge in [-0.05, 0) is 24.1 Å². The van der Waals surface area contributed by atoms with Crippen LogP contribution in [0.5, 0.6) is 5.75 Å². The van der Waals surface area contributed by atoms with Crippen LogP contribution < -0.4 is 10.1 Å². The Labute approximate surface area is 133 Å². The van der Waals surface area contributed by atoms with E-state index in [0.29, 0.717) is 18.8 Å². The minimum Gasteiger partial charge on any atom is -0.497 e. The van der Waals surface area contributed by atoms with E-state index in [2.05, 4.69) is 10.3 Å². The average Bonchev–Trinajstić information content (AvgIpc) is 2.95. The summed E-state index contributed by atoms with van der Waals surface area (Å²) in [6.45, 7) is 0.610. The number of hydrogen-bond donors (Lipinski definition) is 1. The van der Waals surface area contributed by atoms with Gasteiger partial charge in [0.25, 0.3) is 0 Å². The molecule has 0 saturated heterocycles. The van der Waals surface area contributed by atoms with E-state index in [9.17, 15) is 4.79 Å². The maximum atomic E-state index is 11.8. The molecule has 0 saturated carbocycles. The zero-order valence-electron chi connectivity index (χ0n) is 11.8. The van der Waals surface area contributed by atoms with E-state index in [4.69, 9.17) is 16.3 Å². The van der Waals surface area contributed by atoms with Crippen LogP contribution in [0, 0.1) is 0 Å². The quantitative estimate of drug-likeness (QED) is 0.797. The van der Waals surface area contributed by atoms with Gasteiger partial charge in [0.2, 0.25) is 5.91 Å². The third-order valence-electron chi connectivity index (χ3n) is 2.94. The van der Waals surface area contributed by atoms with Crippen molar-refractivity contribution in [1.29, 1.82) is 0 Å². The molecule has 21 heavy (non-hydrogen) atoms. The van der Waals surface area contributed by atoms with E-state index >= 15 is 0 Å². The first kappa shape index (κ1) is 15.8. The number of nitrogens with zero attached hydrogens (tertiary/aromatic N) is 1. The number of nitrogens with one attached hydrogen (secondary N) is 1. The number of thiazole rings is 1. The summed E-state index contributed by atoms with van der Waals surface area (Å²) in [6, 6.07) is 7.83. The van der Waals surface area contributed by atoms with E-state index in [-0.39, 0.29) is 5.91 Å². The van der Waals surface area contributed by atoms with Gasteiger partial charge in [-0.1, -0.05) is 12.1 Å². The lowest BCUT2D eigenvalue weighted by atomic mass is 10.1. The molecular weight excluding hydrogens is 308 g/mol. The third-order valence-corrected chi connectivity index (χ3v) is 4.11. The van der Waals surface area contributed by atoms with Gasteiger partial charge in [-0.3, -0.25) is 4.79 Å². The molecule has 112 valence electrons. The molecule has 1 aromatic carbocycles. The van der Waals surface area contributed by atoms with Crippen molar-refractivity contribution in [2.45, 2.75) is 18.7 Å². The highest BCUT2D eigenvalue weighted by atomic mass is 35.5. The molecule has 1 aromatic heterocycles. The summed E-state index contributed by atoms with van der Waals surface area (Å²) in [7, 11) is 1.64. The second-order valence-corrected chi connectivity index (χ2v) is 5.70. The number of carbonyl (C=O) groups excluding carboxylic acids is 1. The predicted molar refractivity (Wildman–Crippen MR) is 85.1 cm³/mol. The van der Waals surface area contributed by atoms with Gasteiger partial charge >= 0.3 is 0 Å². The number of alkyl halides is 1. The van der Waals surface area contributed by atoms with E-state index in [1.165, 1.54) is 11.3 Å². The molecule has 0 spiro atoms. The Morgan fingerprint density at radius 3 is 2.76 bits per heavy atom. The number of carbonyl (C=O) groups is 1. The first-order valence-electron chi connectivity index (χ1n) is 6.60. The summed E-state index contributed by atoms with van der Waals surface area (Å²) in [4.78, 5) is 16.1. The molecule has 4 nitrogen and oxygen atoms in total. The van der Waals surface area contributed by atoms with Gasteiger partial charge in [0, 0.05) is 11.9 Å². The SMILES string of the molecule is COc1ccc(CCNC(=O)Cc2nc(CCl)cs2)cc1. The van der Waals surface area contributed by atoms with Crippen LogP contribution in [0.1, 0.15) is 16.3 Å². The maximum Gasteiger partial charge on any atom is 0.226 e. The molecule has 1 heterocycles. The van der Waals surface area contributed by atoms with Gasteiger partial charge in [0.05, 0.1) is 25.1 Å². The molecule has 0 fully saturated rings. The Morgan fingerprint density at radius 2 is 2.14 bits per heavy atom. The summed E-state index contributed by atoms with van der Waals surface area (Å²) in [5.74, 6) is 1.20. The van der Waals surface area contributed by atoms with Crippen LogP contribution in [-0.2, 0) is 23.5 Å². The number of methoxy groups -OCH3 is 1. The second kappa shape index (κ2) is 8.00. The first-order valence-corrected chi connectivity index (χ1v) is 8.01. The van der Waals surface area contributed by atoms with Crippen molar-refractivity contribution in [3.8, 4) is 5.75 Å². The summed E-state index contributed by atoms with van der Waals surface area (Å²) < 4.78 is 5.10. The fraction of sp³-hybridized carbons (Fsp3) is 0.333. The summed E-state index contributed by atoms with van der Waals surface area (Å²) in [6.07, 6.45) is 1.10. The number of ether oxygens (including phenoxy) is 1. The molecule has 1 amide bonds. The normalized spacial score (nSPS) is 10.4. The van der Waals surface area contributed by atoms with Crippen LogP contribution in [0.3, 0.4) is 0 Å². The molecule has 2 rings (SSSR count). The Balaban J connectivity index is 1.73. The van der Waals surface area contributed by atoms with Crippen LogP contribution >= 0.6 is 22.9 Å². The molecule has 0 aliphatic heterocycles. The van der Waals surface area contributed by atoms with Gasteiger partial charge < -0.3 is 10.1 Å². The van der Waals surface area contributed by atoms with Gasteiger partial charge in [0.1, 0.15) is 10.8 Å². The van der Waals surface area contributed by atoms with Crippen LogP contribution in [-0.4, -0.2) is 24.5 Å². The van der Waals surface area contributed by atoms with E-state index in [1.807, 2.05) is 29.6 Å². The average molecular weight is 325 g/mol. The highest BCUT2D eigenvalue weighted by Crippen LogP contribution is 2.13. The Kier molecular flexibility index (Phi) is 6.02. The number of halogens is 1. The number of amides is 1. The lowest BCUT2D eigenvalue weighted by Gasteiger charge is -2.05. The molecule has 0 bridgehead atoms. The van der Waals surface area contributed by atoms with Crippen molar-refractivity contribution in [3.63, 3.8) is 0 Å². The van der Waals surface area contributed by atoms with E-state index in [1.54, 1.807) is 7.11 Å². The van der Waals surface area contributed by atoms with Gasteiger partial charge in [-0.15, -0.1) is 22.9 Å². The Morgan fingerprint density at radius 1 is 1.38 bits per heavy atom. The number of rotatable bonds is 7. The van der Waals surface area contributed by atoms with E-state index < -0.39 is 0 Å². The molecule has 0 atom stereocenters. The van der Waals surface area contributed by atoms with Crippen molar-refractivity contribution in [2.24, 2.45) is 0 Å². The van der Waals surface area contributed by atoms with Crippen molar-refractivity contribution in [1.82, 2.24) is 10.3 Å². The van der Waals surface area contributed by atoms with Crippen molar-refractivity contribution in [2.75, 3.05) is 13.7 Å². The summed E-state index contributed by atoms with van der Waals surface area (Å²) in [5, 5.41) is 5.58. The van der Waals surface area contributed by atoms with Gasteiger partial charge in [-0.25, -0.2) is 4.98 Å². The molecular formula is C15H17ClN2O2S.